The molecule has 0 atom stereocenters. The van der Waals surface area contributed by atoms with Crippen LogP contribution in [0.2, 0.25) is 5.02 Å². The fourth-order valence-corrected chi connectivity index (χ4v) is 3.91. The first-order valence-electron chi connectivity index (χ1n) is 8.01. The molecule has 2 aromatic rings. The predicted octanol–water partition coefficient (Wildman–Crippen LogP) is 3.32. The van der Waals surface area contributed by atoms with Gasteiger partial charge in [-0.1, -0.05) is 35.9 Å². The van der Waals surface area contributed by atoms with Crippen molar-refractivity contribution < 1.29 is 17.9 Å². The van der Waals surface area contributed by atoms with Gasteiger partial charge in [-0.15, -0.1) is 0 Å². The largest absolute Gasteiger partial charge is 0.402 e. The van der Waals surface area contributed by atoms with E-state index in [9.17, 15) is 13.2 Å². The topological polar surface area (TPSA) is 76.0 Å². The Labute approximate surface area is 162 Å². The molecule has 0 radical (unpaired) electrons. The molecular weight excluding hydrogens is 388 g/mol. The van der Waals surface area contributed by atoms with E-state index in [4.69, 9.17) is 16.3 Å². The van der Waals surface area contributed by atoms with Crippen LogP contribution >= 0.6 is 11.6 Å². The van der Waals surface area contributed by atoms with Crippen molar-refractivity contribution >= 4 is 39.1 Å². The highest BCUT2D eigenvalue weighted by Gasteiger charge is 2.27. The van der Waals surface area contributed by atoms with Crippen molar-refractivity contribution in [1.82, 2.24) is 4.31 Å². The van der Waals surface area contributed by atoms with Crippen LogP contribution in [0.4, 0.5) is 0 Å². The number of esters is 1. The Morgan fingerprint density at radius 1 is 1.11 bits per heavy atom. The highest BCUT2D eigenvalue weighted by molar-refractivity contribution is 7.89. The van der Waals surface area contributed by atoms with E-state index in [-0.39, 0.29) is 21.5 Å². The summed E-state index contributed by atoms with van der Waals surface area (Å²) in [6, 6.07) is 13.6. The molecule has 3 rings (SSSR count). The Balaban J connectivity index is 2.09. The molecule has 6 nitrogen and oxygen atoms in total. The maximum atomic E-state index is 12.5. The van der Waals surface area contributed by atoms with Crippen molar-refractivity contribution in [3.05, 3.63) is 70.4 Å². The summed E-state index contributed by atoms with van der Waals surface area (Å²) in [5, 5.41) is 0.104. The van der Waals surface area contributed by atoms with Gasteiger partial charge in [0.1, 0.15) is 4.90 Å². The number of allylic oxidation sites excluding steroid dienone is 1. The third-order valence-electron chi connectivity index (χ3n) is 4.09. The molecule has 8 heteroatoms. The number of carbonyl (C=O) groups is 1. The molecule has 0 saturated carbocycles. The summed E-state index contributed by atoms with van der Waals surface area (Å²) < 4.78 is 31.3. The van der Waals surface area contributed by atoms with Gasteiger partial charge in [-0.25, -0.2) is 22.5 Å². The smallest absolute Gasteiger partial charge is 0.364 e. The van der Waals surface area contributed by atoms with Gasteiger partial charge in [0.15, 0.2) is 5.70 Å². The number of cyclic esters (lactones) is 1. The standard InChI is InChI=1S/C19H17ClN2O4S/c1-12(14-9-10-15(20)16(11-14)27(24,25)22(2)3)17-19(23)26-18(21-17)13-7-5-4-6-8-13/h4-11H,1-3H3/b17-12-. The van der Waals surface area contributed by atoms with Gasteiger partial charge in [0.2, 0.25) is 15.9 Å². The predicted molar refractivity (Wildman–Crippen MR) is 104 cm³/mol. The molecule has 140 valence electrons. The molecule has 0 aromatic heterocycles. The van der Waals surface area contributed by atoms with Crippen molar-refractivity contribution in [1.29, 1.82) is 0 Å². The van der Waals surface area contributed by atoms with Gasteiger partial charge in [-0.2, -0.15) is 0 Å². The van der Waals surface area contributed by atoms with Crippen LogP contribution in [0, 0.1) is 0 Å². The fourth-order valence-electron chi connectivity index (χ4n) is 2.52. The molecule has 1 heterocycles. The molecule has 2 aromatic carbocycles. The summed E-state index contributed by atoms with van der Waals surface area (Å²) in [6.45, 7) is 1.68. The molecule has 0 N–H and O–H groups in total. The minimum absolute atomic E-state index is 0.0368. The quantitative estimate of drug-likeness (QED) is 0.578. The lowest BCUT2D eigenvalue weighted by Crippen LogP contribution is -2.22. The van der Waals surface area contributed by atoms with E-state index in [1.807, 2.05) is 18.2 Å². The van der Waals surface area contributed by atoms with Gasteiger partial charge in [0.05, 0.1) is 5.02 Å². The lowest BCUT2D eigenvalue weighted by Gasteiger charge is -2.14. The first-order chi connectivity index (χ1) is 12.7. The SMILES string of the molecule is C/C(=C1/N=C(c2ccccc2)OC1=O)c1ccc(Cl)c(S(=O)(=O)N(C)C)c1. The minimum atomic E-state index is -3.73. The van der Waals surface area contributed by atoms with Crippen LogP contribution in [0.15, 0.2) is 64.1 Å². The van der Waals surface area contributed by atoms with Crippen LogP contribution < -0.4 is 0 Å². The first kappa shape index (κ1) is 19.3. The monoisotopic (exact) mass is 404 g/mol. The van der Waals surface area contributed by atoms with Gasteiger partial charge in [-0.05, 0) is 42.3 Å². The molecule has 0 bridgehead atoms. The zero-order valence-corrected chi connectivity index (χ0v) is 16.5. The highest BCUT2D eigenvalue weighted by Crippen LogP contribution is 2.30. The van der Waals surface area contributed by atoms with E-state index in [2.05, 4.69) is 4.99 Å². The Hall–Kier alpha value is -2.48. The van der Waals surface area contributed by atoms with Crippen LogP contribution in [0.25, 0.3) is 5.57 Å². The zero-order valence-electron chi connectivity index (χ0n) is 14.9. The summed E-state index contributed by atoms with van der Waals surface area (Å²) >= 11 is 6.08. The Bertz CT molecular complexity index is 1070. The number of benzene rings is 2. The number of ether oxygens (including phenoxy) is 1. The molecule has 0 spiro atoms. The Kier molecular flexibility index (Phi) is 5.19. The van der Waals surface area contributed by atoms with E-state index in [0.717, 1.165) is 4.31 Å². The number of nitrogens with zero attached hydrogens (tertiary/aromatic N) is 2. The number of carbonyl (C=O) groups excluding carboxylic acids is 1. The van der Waals surface area contributed by atoms with Crippen LogP contribution in [-0.2, 0) is 19.6 Å². The average Bonchev–Trinajstić information content (AvgIpc) is 3.03. The van der Waals surface area contributed by atoms with E-state index in [0.29, 0.717) is 16.7 Å². The molecule has 0 fully saturated rings. The number of hydrogen-bond donors (Lipinski definition) is 0. The van der Waals surface area contributed by atoms with Crippen LogP contribution in [0.5, 0.6) is 0 Å². The van der Waals surface area contributed by atoms with Gasteiger partial charge >= 0.3 is 5.97 Å². The molecule has 0 aliphatic carbocycles. The van der Waals surface area contributed by atoms with E-state index >= 15 is 0 Å². The number of aliphatic imine (C=N–C) groups is 1. The fraction of sp³-hybridized carbons (Fsp3) is 0.158. The van der Waals surface area contributed by atoms with E-state index < -0.39 is 16.0 Å². The third kappa shape index (κ3) is 3.66. The summed E-state index contributed by atoms with van der Waals surface area (Å²) in [7, 11) is -0.878. The molecule has 0 unspecified atom stereocenters. The van der Waals surface area contributed by atoms with Gasteiger partial charge in [-0.3, -0.25) is 0 Å². The maximum absolute atomic E-state index is 12.5. The van der Waals surface area contributed by atoms with Crippen molar-refractivity contribution in [3.8, 4) is 0 Å². The third-order valence-corrected chi connectivity index (χ3v) is 6.39. The normalized spacial score (nSPS) is 16.3. The Morgan fingerprint density at radius 2 is 1.78 bits per heavy atom. The van der Waals surface area contributed by atoms with Crippen molar-refractivity contribution in [2.45, 2.75) is 11.8 Å². The number of rotatable bonds is 4. The molecular formula is C19H17ClN2O4S. The molecule has 0 saturated heterocycles. The first-order valence-corrected chi connectivity index (χ1v) is 9.83. The number of halogens is 1. The van der Waals surface area contributed by atoms with Crippen LogP contribution in [0.3, 0.4) is 0 Å². The van der Waals surface area contributed by atoms with Gasteiger partial charge in [0.25, 0.3) is 0 Å². The zero-order chi connectivity index (χ0) is 19.8. The average molecular weight is 405 g/mol. The van der Waals surface area contributed by atoms with Crippen molar-refractivity contribution in [2.75, 3.05) is 14.1 Å². The molecule has 1 aliphatic rings. The second-order valence-corrected chi connectivity index (χ2v) is 8.61. The second kappa shape index (κ2) is 7.26. The van der Waals surface area contributed by atoms with Gasteiger partial charge < -0.3 is 4.74 Å². The molecule has 1 aliphatic heterocycles. The Morgan fingerprint density at radius 3 is 2.41 bits per heavy atom. The van der Waals surface area contributed by atoms with Crippen LogP contribution in [-0.4, -0.2) is 38.7 Å². The van der Waals surface area contributed by atoms with E-state index in [1.165, 1.54) is 26.2 Å². The second-order valence-electron chi connectivity index (χ2n) is 6.08. The highest BCUT2D eigenvalue weighted by atomic mass is 35.5. The minimum Gasteiger partial charge on any atom is -0.402 e. The maximum Gasteiger partial charge on any atom is 0.364 e. The summed E-state index contributed by atoms with van der Waals surface area (Å²) in [5.74, 6) is -0.372. The van der Waals surface area contributed by atoms with Gasteiger partial charge in [0, 0.05) is 19.7 Å². The van der Waals surface area contributed by atoms with Crippen molar-refractivity contribution in [3.63, 3.8) is 0 Å². The lowest BCUT2D eigenvalue weighted by atomic mass is 10.1. The van der Waals surface area contributed by atoms with Crippen molar-refractivity contribution in [2.24, 2.45) is 4.99 Å². The lowest BCUT2D eigenvalue weighted by molar-refractivity contribution is -0.129. The summed E-state index contributed by atoms with van der Waals surface area (Å²) in [5.41, 5.74) is 1.83. The molecule has 27 heavy (non-hydrogen) atoms. The van der Waals surface area contributed by atoms with Crippen LogP contribution in [0.1, 0.15) is 18.1 Å². The van der Waals surface area contributed by atoms with E-state index in [1.54, 1.807) is 25.1 Å². The molecule has 0 amide bonds. The number of sulfonamides is 1. The summed E-state index contributed by atoms with van der Waals surface area (Å²) in [4.78, 5) is 16.5. The summed E-state index contributed by atoms with van der Waals surface area (Å²) in [6.07, 6.45) is 0. The number of hydrogen-bond acceptors (Lipinski definition) is 5.